The standard InChI is InChI=1S/C64H45N3/c1-5-16-46(17-6-1)48-30-35-57(36-31-48)66(60-40-41-62-61-26-13-14-27-63(61)67(64(62)45-60)55-23-11-4-12-24-55)59-39-34-52-42-51(28-29-53(52)44-59)49-32-37-56(38-33-49)65(54-21-9-3-10-22-54)58-25-15-20-50(43-58)47-18-7-2-8-19-47/h1-45H/i32D,33D,37D,38D. The minimum absolute atomic E-state index is 0.106. The van der Waals surface area contributed by atoms with Crippen molar-refractivity contribution < 1.29 is 5.48 Å². The maximum atomic E-state index is 9.54. The molecule has 316 valence electrons. The van der Waals surface area contributed by atoms with E-state index in [1.807, 2.05) is 108 Å². The number of fused-ring (bicyclic) bond motifs is 4. The molecule has 12 rings (SSSR count). The first-order valence-corrected chi connectivity index (χ1v) is 22.6. The van der Waals surface area contributed by atoms with Crippen LogP contribution in [0.5, 0.6) is 0 Å². The highest BCUT2D eigenvalue weighted by Crippen LogP contribution is 2.42. The van der Waals surface area contributed by atoms with Crippen LogP contribution in [0.25, 0.3) is 71.6 Å². The number of aromatic nitrogens is 1. The fourth-order valence-electron chi connectivity index (χ4n) is 9.36. The molecular formula is C64H45N3. The number of hydrogen-bond donors (Lipinski definition) is 0. The second kappa shape index (κ2) is 17.2. The molecule has 0 saturated carbocycles. The summed E-state index contributed by atoms with van der Waals surface area (Å²) in [5, 5.41) is 4.24. The van der Waals surface area contributed by atoms with Gasteiger partial charge in [-0.3, -0.25) is 0 Å². The van der Waals surface area contributed by atoms with E-state index >= 15 is 0 Å². The third kappa shape index (κ3) is 7.59. The molecule has 0 fully saturated rings. The van der Waals surface area contributed by atoms with Crippen LogP contribution in [0.3, 0.4) is 0 Å². The van der Waals surface area contributed by atoms with Gasteiger partial charge in [-0.2, -0.15) is 0 Å². The van der Waals surface area contributed by atoms with Crippen molar-refractivity contribution in [2.45, 2.75) is 0 Å². The lowest BCUT2D eigenvalue weighted by Gasteiger charge is -2.26. The van der Waals surface area contributed by atoms with Crippen molar-refractivity contribution in [1.82, 2.24) is 4.57 Å². The monoisotopic (exact) mass is 859 g/mol. The summed E-state index contributed by atoms with van der Waals surface area (Å²) < 4.78 is 40.4. The molecular weight excluding hydrogens is 811 g/mol. The predicted octanol–water partition coefficient (Wildman–Crippen LogP) is 17.9. The Morgan fingerprint density at radius 3 is 1.48 bits per heavy atom. The van der Waals surface area contributed by atoms with E-state index in [9.17, 15) is 5.48 Å². The predicted molar refractivity (Wildman–Crippen MR) is 284 cm³/mol. The number of hydrogen-bond acceptors (Lipinski definition) is 2. The van der Waals surface area contributed by atoms with Gasteiger partial charge in [-0.25, -0.2) is 0 Å². The van der Waals surface area contributed by atoms with Gasteiger partial charge in [0, 0.05) is 50.6 Å². The Morgan fingerprint density at radius 1 is 0.269 bits per heavy atom. The van der Waals surface area contributed by atoms with E-state index in [0.29, 0.717) is 5.56 Å². The molecule has 0 amide bonds. The highest BCUT2D eigenvalue weighted by Gasteiger charge is 2.19. The fourth-order valence-corrected chi connectivity index (χ4v) is 9.36. The van der Waals surface area contributed by atoms with E-state index in [1.54, 1.807) is 0 Å². The Balaban J connectivity index is 0.963. The lowest BCUT2D eigenvalue weighted by atomic mass is 9.99. The number of anilines is 6. The van der Waals surface area contributed by atoms with Gasteiger partial charge < -0.3 is 14.4 Å². The Morgan fingerprint density at radius 2 is 0.731 bits per heavy atom. The molecule has 0 saturated heterocycles. The Hall–Kier alpha value is -8.92. The molecule has 0 spiro atoms. The van der Waals surface area contributed by atoms with Gasteiger partial charge in [-0.15, -0.1) is 0 Å². The first kappa shape index (κ1) is 35.4. The van der Waals surface area contributed by atoms with Crippen LogP contribution < -0.4 is 9.80 Å². The number of rotatable bonds is 10. The Bertz CT molecular complexity index is 3890. The average Bonchev–Trinajstić information content (AvgIpc) is 3.76. The molecule has 11 aromatic carbocycles. The Kier molecular flexibility index (Phi) is 9.11. The first-order chi connectivity index (χ1) is 34.9. The van der Waals surface area contributed by atoms with Crippen molar-refractivity contribution in [3.8, 4) is 39.1 Å². The van der Waals surface area contributed by atoms with Crippen LogP contribution in [0.1, 0.15) is 5.48 Å². The molecule has 1 heterocycles. The summed E-state index contributed by atoms with van der Waals surface area (Å²) in [4.78, 5) is 4.13. The summed E-state index contributed by atoms with van der Waals surface area (Å²) in [5.74, 6) is 0. The molecule has 0 radical (unpaired) electrons. The van der Waals surface area contributed by atoms with Crippen molar-refractivity contribution >= 4 is 66.7 Å². The van der Waals surface area contributed by atoms with Crippen molar-refractivity contribution in [3.63, 3.8) is 0 Å². The zero-order valence-electron chi connectivity index (χ0n) is 40.5. The van der Waals surface area contributed by atoms with Crippen molar-refractivity contribution in [2.24, 2.45) is 0 Å². The van der Waals surface area contributed by atoms with Gasteiger partial charge >= 0.3 is 0 Å². The topological polar surface area (TPSA) is 11.4 Å². The van der Waals surface area contributed by atoms with Gasteiger partial charge in [0.1, 0.15) is 0 Å². The number of benzene rings is 11. The molecule has 12 aromatic rings. The molecule has 0 N–H and O–H groups in total. The average molecular weight is 860 g/mol. The van der Waals surface area contributed by atoms with Crippen molar-refractivity contribution in [3.05, 3.63) is 273 Å². The van der Waals surface area contributed by atoms with Crippen LogP contribution >= 0.6 is 0 Å². The summed E-state index contributed by atoms with van der Waals surface area (Å²) in [6.07, 6.45) is 0. The maximum absolute atomic E-state index is 9.54. The van der Waals surface area contributed by atoms with E-state index in [2.05, 4.69) is 155 Å². The highest BCUT2D eigenvalue weighted by atomic mass is 15.1. The van der Waals surface area contributed by atoms with Gasteiger partial charge in [-0.05, 0) is 141 Å². The lowest BCUT2D eigenvalue weighted by molar-refractivity contribution is 1.18. The highest BCUT2D eigenvalue weighted by molar-refractivity contribution is 6.10. The normalized spacial score (nSPS) is 12.1. The summed E-state index contributed by atoms with van der Waals surface area (Å²) >= 11 is 0. The minimum Gasteiger partial charge on any atom is -0.310 e. The van der Waals surface area contributed by atoms with Gasteiger partial charge in [0.25, 0.3) is 0 Å². The summed E-state index contributed by atoms with van der Waals surface area (Å²) in [6, 6.07) is 84.4. The minimum atomic E-state index is -0.123. The quantitative estimate of drug-likeness (QED) is 0.136. The van der Waals surface area contributed by atoms with Crippen LogP contribution in [0.4, 0.5) is 34.1 Å². The molecule has 0 aliphatic heterocycles. The van der Waals surface area contributed by atoms with Gasteiger partial charge in [-0.1, -0.05) is 176 Å². The molecule has 3 nitrogen and oxygen atoms in total. The van der Waals surface area contributed by atoms with Crippen molar-refractivity contribution in [1.29, 1.82) is 0 Å². The third-order valence-electron chi connectivity index (χ3n) is 12.6. The molecule has 67 heavy (non-hydrogen) atoms. The molecule has 0 atom stereocenters. The molecule has 0 aliphatic carbocycles. The smallest absolute Gasteiger partial charge is 0.0645 e. The second-order valence-corrected chi connectivity index (χ2v) is 16.7. The largest absolute Gasteiger partial charge is 0.310 e. The molecule has 0 aliphatic rings. The van der Waals surface area contributed by atoms with Gasteiger partial charge in [0.2, 0.25) is 0 Å². The Labute approximate surface area is 396 Å². The second-order valence-electron chi connectivity index (χ2n) is 16.7. The molecule has 3 heteroatoms. The zero-order valence-corrected chi connectivity index (χ0v) is 36.5. The summed E-state index contributed by atoms with van der Waals surface area (Å²) in [6.45, 7) is 0. The summed E-state index contributed by atoms with van der Waals surface area (Å²) in [7, 11) is 0. The van der Waals surface area contributed by atoms with E-state index in [1.165, 1.54) is 10.8 Å². The van der Waals surface area contributed by atoms with Crippen LogP contribution in [0.2, 0.25) is 0 Å². The number of nitrogens with zero attached hydrogens (tertiary/aromatic N) is 3. The fraction of sp³-hybridized carbons (Fsp3) is 0. The molecule has 1 aromatic heterocycles. The van der Waals surface area contributed by atoms with Crippen LogP contribution in [0.15, 0.2) is 273 Å². The number of para-hydroxylation sites is 3. The first-order valence-electron chi connectivity index (χ1n) is 24.6. The van der Waals surface area contributed by atoms with E-state index in [4.69, 9.17) is 0 Å². The van der Waals surface area contributed by atoms with Gasteiger partial charge in [0.05, 0.1) is 16.5 Å². The summed E-state index contributed by atoms with van der Waals surface area (Å²) in [5.41, 5.74) is 13.1. The molecule has 0 unspecified atom stereocenters. The lowest BCUT2D eigenvalue weighted by Crippen LogP contribution is -2.10. The van der Waals surface area contributed by atoms with E-state index in [0.717, 1.165) is 78.2 Å². The van der Waals surface area contributed by atoms with Crippen LogP contribution in [-0.4, -0.2) is 4.57 Å². The van der Waals surface area contributed by atoms with Crippen molar-refractivity contribution in [2.75, 3.05) is 9.80 Å². The van der Waals surface area contributed by atoms with Crippen LogP contribution in [0, 0.1) is 0 Å². The van der Waals surface area contributed by atoms with Crippen LogP contribution in [-0.2, 0) is 0 Å². The molecule has 0 bridgehead atoms. The SMILES string of the molecule is [2H]c1c([2H])c(N(c2ccccc2)c2cccc(-c3ccccc3)c2)c([2H])c([2H])c1-c1ccc2cc(N(c3ccc(-c4ccccc4)cc3)c3ccc4c5ccccc5n(-c5ccccc5)c4c3)ccc2c1. The van der Waals surface area contributed by atoms with E-state index < -0.39 is 0 Å². The zero-order chi connectivity index (χ0) is 48.0. The maximum Gasteiger partial charge on any atom is 0.0645 e. The van der Waals surface area contributed by atoms with Gasteiger partial charge in [0.15, 0.2) is 0 Å². The third-order valence-corrected chi connectivity index (χ3v) is 12.6. The van der Waals surface area contributed by atoms with E-state index in [-0.39, 0.29) is 35.4 Å².